The van der Waals surface area contributed by atoms with E-state index in [2.05, 4.69) is 10.3 Å². The molecule has 0 radical (unpaired) electrons. The molecule has 15 heavy (non-hydrogen) atoms. The van der Waals surface area contributed by atoms with Crippen LogP contribution in [0.4, 0.5) is 5.82 Å². The predicted molar refractivity (Wildman–Crippen MR) is 56.5 cm³/mol. The van der Waals surface area contributed by atoms with Crippen LogP contribution in [0.15, 0.2) is 24.4 Å². The number of nitrogens with one attached hydrogen (secondary N) is 1. The zero-order chi connectivity index (χ0) is 10.3. The third-order valence-corrected chi connectivity index (χ3v) is 3.25. The summed E-state index contributed by atoms with van der Waals surface area (Å²) in [6, 6.07) is 5.67. The summed E-state index contributed by atoms with van der Waals surface area (Å²) in [4.78, 5) is 17.9. The van der Waals surface area contributed by atoms with Crippen LogP contribution in [0.5, 0.6) is 0 Å². The van der Waals surface area contributed by atoms with Crippen molar-refractivity contribution < 1.29 is 4.79 Å². The molecule has 4 heteroatoms. The Morgan fingerprint density at radius 3 is 2.80 bits per heavy atom. The van der Waals surface area contributed by atoms with Crippen LogP contribution in [0.2, 0.25) is 0 Å². The van der Waals surface area contributed by atoms with Crippen molar-refractivity contribution in [3.8, 4) is 0 Å². The molecule has 0 aliphatic carbocycles. The quantitative estimate of drug-likeness (QED) is 0.719. The lowest BCUT2D eigenvalue weighted by atomic mass is 9.81. The number of aromatic nitrogens is 1. The zero-order valence-corrected chi connectivity index (χ0v) is 8.44. The van der Waals surface area contributed by atoms with Crippen LogP contribution in [0.1, 0.15) is 6.42 Å². The average molecular weight is 203 g/mol. The first-order valence-electron chi connectivity index (χ1n) is 5.21. The minimum Gasteiger partial charge on any atom is -0.315 e. The van der Waals surface area contributed by atoms with E-state index in [-0.39, 0.29) is 11.3 Å². The number of carbonyl (C=O) groups excluding carboxylic acids is 1. The second kappa shape index (κ2) is 3.03. The molecule has 2 saturated heterocycles. The van der Waals surface area contributed by atoms with Gasteiger partial charge in [-0.1, -0.05) is 6.07 Å². The summed E-state index contributed by atoms with van der Waals surface area (Å²) >= 11 is 0. The lowest BCUT2D eigenvalue weighted by Gasteiger charge is -2.38. The SMILES string of the molecule is O=C1CC2(CNC2)CN1c1ccccn1. The molecule has 1 aromatic rings. The number of pyridine rings is 1. The van der Waals surface area contributed by atoms with Gasteiger partial charge >= 0.3 is 0 Å². The molecule has 2 fully saturated rings. The van der Waals surface area contributed by atoms with Gasteiger partial charge in [0.2, 0.25) is 5.91 Å². The van der Waals surface area contributed by atoms with Gasteiger partial charge in [0.25, 0.3) is 0 Å². The van der Waals surface area contributed by atoms with Crippen molar-refractivity contribution in [1.29, 1.82) is 0 Å². The predicted octanol–water partition coefficient (Wildman–Crippen LogP) is 0.408. The van der Waals surface area contributed by atoms with E-state index in [1.165, 1.54) is 0 Å². The van der Waals surface area contributed by atoms with Crippen LogP contribution in [0, 0.1) is 5.41 Å². The summed E-state index contributed by atoms with van der Waals surface area (Å²) in [5.41, 5.74) is 0.189. The third-order valence-electron chi connectivity index (χ3n) is 3.25. The van der Waals surface area contributed by atoms with Gasteiger partial charge < -0.3 is 5.32 Å². The van der Waals surface area contributed by atoms with Crippen LogP contribution in [-0.2, 0) is 4.79 Å². The molecule has 2 aliphatic rings. The second-order valence-corrected chi connectivity index (χ2v) is 4.45. The normalized spacial score (nSPS) is 23.2. The Morgan fingerprint density at radius 1 is 1.40 bits per heavy atom. The van der Waals surface area contributed by atoms with E-state index >= 15 is 0 Å². The highest BCUT2D eigenvalue weighted by atomic mass is 16.2. The van der Waals surface area contributed by atoms with Crippen molar-refractivity contribution in [2.75, 3.05) is 24.5 Å². The highest BCUT2D eigenvalue weighted by molar-refractivity contribution is 5.95. The first-order valence-corrected chi connectivity index (χ1v) is 5.21. The van der Waals surface area contributed by atoms with Crippen LogP contribution < -0.4 is 10.2 Å². The van der Waals surface area contributed by atoms with Crippen molar-refractivity contribution >= 4 is 11.7 Å². The van der Waals surface area contributed by atoms with E-state index < -0.39 is 0 Å². The fourth-order valence-electron chi connectivity index (χ4n) is 2.33. The van der Waals surface area contributed by atoms with Crippen molar-refractivity contribution in [2.24, 2.45) is 5.41 Å². The molecular weight excluding hydrogens is 190 g/mol. The Bertz CT molecular complexity index is 386. The Labute approximate surface area is 88.3 Å². The fourth-order valence-corrected chi connectivity index (χ4v) is 2.33. The second-order valence-electron chi connectivity index (χ2n) is 4.45. The molecule has 0 bridgehead atoms. The van der Waals surface area contributed by atoms with Gasteiger partial charge in [-0.3, -0.25) is 9.69 Å². The van der Waals surface area contributed by atoms with Crippen molar-refractivity contribution in [1.82, 2.24) is 10.3 Å². The van der Waals surface area contributed by atoms with Gasteiger partial charge in [0.05, 0.1) is 0 Å². The summed E-state index contributed by atoms with van der Waals surface area (Å²) in [6.45, 7) is 2.74. The molecule has 0 aromatic carbocycles. The van der Waals surface area contributed by atoms with E-state index in [1.807, 2.05) is 18.2 Å². The lowest BCUT2D eigenvalue weighted by Crippen LogP contribution is -2.54. The Kier molecular flexibility index (Phi) is 1.79. The number of anilines is 1. The van der Waals surface area contributed by atoms with Gasteiger partial charge in [-0.15, -0.1) is 0 Å². The Hall–Kier alpha value is -1.42. The monoisotopic (exact) mass is 203 g/mol. The fraction of sp³-hybridized carbons (Fsp3) is 0.455. The van der Waals surface area contributed by atoms with Gasteiger partial charge in [-0.2, -0.15) is 0 Å². The smallest absolute Gasteiger partial charge is 0.228 e. The number of hydrogen-bond donors (Lipinski definition) is 1. The molecule has 1 aromatic heterocycles. The van der Waals surface area contributed by atoms with E-state index in [1.54, 1.807) is 11.1 Å². The van der Waals surface area contributed by atoms with E-state index in [9.17, 15) is 4.79 Å². The maximum Gasteiger partial charge on any atom is 0.228 e. The van der Waals surface area contributed by atoms with Gasteiger partial charge in [-0.25, -0.2) is 4.98 Å². The summed E-state index contributed by atoms with van der Waals surface area (Å²) in [7, 11) is 0. The zero-order valence-electron chi connectivity index (χ0n) is 8.44. The average Bonchev–Trinajstić information content (AvgIpc) is 2.57. The maximum absolute atomic E-state index is 11.8. The van der Waals surface area contributed by atoms with Crippen LogP contribution in [0.3, 0.4) is 0 Å². The molecular formula is C11H13N3O. The third kappa shape index (κ3) is 1.33. The van der Waals surface area contributed by atoms with Crippen LogP contribution >= 0.6 is 0 Å². The van der Waals surface area contributed by atoms with E-state index in [0.717, 1.165) is 25.5 Å². The molecule has 78 valence electrons. The minimum atomic E-state index is 0.189. The van der Waals surface area contributed by atoms with Gasteiger partial charge in [0.15, 0.2) is 0 Å². The standard InChI is InChI=1S/C11H13N3O/c15-10-5-11(6-12-7-11)8-14(10)9-3-1-2-4-13-9/h1-4,12H,5-8H2. The van der Waals surface area contributed by atoms with E-state index in [4.69, 9.17) is 0 Å². The highest BCUT2D eigenvalue weighted by Crippen LogP contribution is 2.36. The molecule has 0 saturated carbocycles. The first-order chi connectivity index (χ1) is 7.29. The molecule has 1 spiro atoms. The highest BCUT2D eigenvalue weighted by Gasteiger charge is 2.47. The molecule has 0 atom stereocenters. The number of nitrogens with zero attached hydrogens (tertiary/aromatic N) is 2. The summed E-state index contributed by atoms with van der Waals surface area (Å²) < 4.78 is 0. The van der Waals surface area contributed by atoms with Gasteiger partial charge in [0.1, 0.15) is 5.82 Å². The number of rotatable bonds is 1. The van der Waals surface area contributed by atoms with Crippen molar-refractivity contribution in [2.45, 2.75) is 6.42 Å². The molecule has 0 unspecified atom stereocenters. The summed E-state index contributed by atoms with van der Waals surface area (Å²) in [5, 5.41) is 3.24. The first kappa shape index (κ1) is 8.85. The minimum absolute atomic E-state index is 0.189. The molecule has 3 heterocycles. The number of hydrogen-bond acceptors (Lipinski definition) is 3. The topological polar surface area (TPSA) is 45.2 Å². The molecule has 3 rings (SSSR count). The molecule has 4 nitrogen and oxygen atoms in total. The molecule has 2 aliphatic heterocycles. The van der Waals surface area contributed by atoms with Crippen LogP contribution in [-0.4, -0.2) is 30.5 Å². The summed E-state index contributed by atoms with van der Waals surface area (Å²) in [5.74, 6) is 0.987. The molecule has 1 N–H and O–H groups in total. The van der Waals surface area contributed by atoms with Crippen molar-refractivity contribution in [3.05, 3.63) is 24.4 Å². The number of amides is 1. The van der Waals surface area contributed by atoms with E-state index in [0.29, 0.717) is 6.42 Å². The maximum atomic E-state index is 11.8. The Balaban J connectivity index is 1.86. The largest absolute Gasteiger partial charge is 0.315 e. The number of carbonyl (C=O) groups is 1. The van der Waals surface area contributed by atoms with Gasteiger partial charge in [0, 0.05) is 37.7 Å². The molecule has 1 amide bonds. The van der Waals surface area contributed by atoms with Crippen LogP contribution in [0.25, 0.3) is 0 Å². The van der Waals surface area contributed by atoms with Gasteiger partial charge in [-0.05, 0) is 12.1 Å². The Morgan fingerprint density at radius 2 is 2.27 bits per heavy atom. The lowest BCUT2D eigenvalue weighted by molar-refractivity contribution is -0.118. The summed E-state index contributed by atoms with van der Waals surface area (Å²) in [6.07, 6.45) is 2.39. The van der Waals surface area contributed by atoms with Crippen molar-refractivity contribution in [3.63, 3.8) is 0 Å².